The third kappa shape index (κ3) is 4.41. The first-order valence-electron chi connectivity index (χ1n) is 8.12. The normalized spacial score (nSPS) is 10.4. The predicted octanol–water partition coefficient (Wildman–Crippen LogP) is 3.25. The number of urea groups is 1. The van der Waals surface area contributed by atoms with Crippen molar-refractivity contribution in [1.29, 1.82) is 0 Å². The number of anilines is 1. The molecule has 0 spiro atoms. The van der Waals surface area contributed by atoms with Crippen molar-refractivity contribution in [3.8, 4) is 11.4 Å². The van der Waals surface area contributed by atoms with Gasteiger partial charge in [0, 0.05) is 30.2 Å². The lowest BCUT2D eigenvalue weighted by Gasteiger charge is -2.10. The second kappa shape index (κ2) is 8.05. The summed E-state index contributed by atoms with van der Waals surface area (Å²) < 4.78 is 5.33. The number of carbonyl (C=O) groups is 1. The average molecular weight is 337 g/mol. The Morgan fingerprint density at radius 2 is 2.08 bits per heavy atom. The van der Waals surface area contributed by atoms with Gasteiger partial charge in [-0.2, -0.15) is 4.98 Å². The van der Waals surface area contributed by atoms with E-state index in [9.17, 15) is 4.79 Å². The number of amides is 2. The Balaban J connectivity index is 1.73. The molecule has 2 amide bonds. The molecule has 3 rings (SSSR count). The number of rotatable bonds is 6. The predicted molar refractivity (Wildman–Crippen MR) is 94.1 cm³/mol. The van der Waals surface area contributed by atoms with Crippen LogP contribution in [-0.2, 0) is 6.42 Å². The molecule has 7 heteroatoms. The fraction of sp³-hybridized carbons (Fsp3) is 0.222. The molecule has 1 aromatic carbocycles. The molecule has 25 heavy (non-hydrogen) atoms. The Kier molecular flexibility index (Phi) is 5.36. The van der Waals surface area contributed by atoms with Gasteiger partial charge in [0.1, 0.15) is 0 Å². The van der Waals surface area contributed by atoms with Crippen LogP contribution in [0.15, 0.2) is 53.3 Å². The third-order valence-corrected chi connectivity index (χ3v) is 3.53. The molecule has 0 unspecified atom stereocenters. The number of benzene rings is 1. The Morgan fingerprint density at radius 3 is 2.88 bits per heavy atom. The van der Waals surface area contributed by atoms with Gasteiger partial charge >= 0.3 is 6.03 Å². The molecule has 2 N–H and O–H groups in total. The molecule has 7 nitrogen and oxygen atoms in total. The summed E-state index contributed by atoms with van der Waals surface area (Å²) in [5, 5.41) is 9.63. The van der Waals surface area contributed by atoms with Crippen LogP contribution >= 0.6 is 0 Å². The monoisotopic (exact) mass is 337 g/mol. The number of nitrogens with one attached hydrogen (secondary N) is 2. The van der Waals surface area contributed by atoms with E-state index in [0.29, 0.717) is 24.7 Å². The molecule has 128 valence electrons. The fourth-order valence-electron chi connectivity index (χ4n) is 2.30. The van der Waals surface area contributed by atoms with E-state index in [-0.39, 0.29) is 6.03 Å². The molecule has 0 aliphatic rings. The number of carbonyl (C=O) groups excluding carboxylic acids is 1. The zero-order valence-corrected chi connectivity index (χ0v) is 13.9. The van der Waals surface area contributed by atoms with E-state index in [1.807, 2.05) is 43.3 Å². The van der Waals surface area contributed by atoms with Crippen molar-refractivity contribution >= 4 is 11.7 Å². The van der Waals surface area contributed by atoms with Gasteiger partial charge in [0.05, 0.1) is 6.42 Å². The van der Waals surface area contributed by atoms with Gasteiger partial charge in [-0.05, 0) is 30.2 Å². The topological polar surface area (TPSA) is 92.9 Å². The first-order valence-corrected chi connectivity index (χ1v) is 8.12. The van der Waals surface area contributed by atoms with Crippen LogP contribution in [0.5, 0.6) is 0 Å². The Bertz CT molecular complexity index is 832. The average Bonchev–Trinajstić information content (AvgIpc) is 3.11. The fourth-order valence-corrected chi connectivity index (χ4v) is 2.30. The third-order valence-electron chi connectivity index (χ3n) is 3.53. The molecule has 0 fully saturated rings. The minimum absolute atomic E-state index is 0.226. The summed E-state index contributed by atoms with van der Waals surface area (Å²) in [4.78, 5) is 20.3. The van der Waals surface area contributed by atoms with Crippen molar-refractivity contribution in [2.75, 3.05) is 11.9 Å². The minimum Gasteiger partial charge on any atom is -0.339 e. The maximum Gasteiger partial charge on any atom is 0.319 e. The highest BCUT2D eigenvalue weighted by Crippen LogP contribution is 2.20. The highest BCUT2D eigenvalue weighted by Gasteiger charge is 2.12. The van der Waals surface area contributed by atoms with Crippen LogP contribution in [0, 0.1) is 0 Å². The van der Waals surface area contributed by atoms with E-state index < -0.39 is 0 Å². The van der Waals surface area contributed by atoms with Gasteiger partial charge in [0.2, 0.25) is 11.7 Å². The summed E-state index contributed by atoms with van der Waals surface area (Å²) >= 11 is 0. The summed E-state index contributed by atoms with van der Waals surface area (Å²) in [5.41, 5.74) is 2.41. The zero-order chi connectivity index (χ0) is 17.5. The summed E-state index contributed by atoms with van der Waals surface area (Å²) in [6.07, 6.45) is 4.68. The maximum atomic E-state index is 11.9. The first-order chi connectivity index (χ1) is 12.3. The highest BCUT2D eigenvalue weighted by molar-refractivity contribution is 5.90. The van der Waals surface area contributed by atoms with Crippen molar-refractivity contribution in [3.63, 3.8) is 0 Å². The lowest BCUT2D eigenvalue weighted by Crippen LogP contribution is -2.29. The van der Waals surface area contributed by atoms with Crippen molar-refractivity contribution in [2.45, 2.75) is 19.8 Å². The van der Waals surface area contributed by atoms with Gasteiger partial charge in [0.25, 0.3) is 0 Å². The van der Waals surface area contributed by atoms with Crippen molar-refractivity contribution < 1.29 is 9.32 Å². The lowest BCUT2D eigenvalue weighted by molar-refractivity contribution is 0.252. The summed E-state index contributed by atoms with van der Waals surface area (Å²) in [6.45, 7) is 2.63. The zero-order valence-electron chi connectivity index (χ0n) is 13.9. The van der Waals surface area contributed by atoms with Crippen molar-refractivity contribution in [2.24, 2.45) is 0 Å². The van der Waals surface area contributed by atoms with Crippen molar-refractivity contribution in [3.05, 3.63) is 60.2 Å². The van der Waals surface area contributed by atoms with Gasteiger partial charge in [-0.1, -0.05) is 30.3 Å². The summed E-state index contributed by atoms with van der Waals surface area (Å²) in [5.74, 6) is 0.969. The number of hydrogen-bond acceptors (Lipinski definition) is 5. The lowest BCUT2D eigenvalue weighted by atomic mass is 10.1. The second-order valence-electron chi connectivity index (χ2n) is 5.47. The van der Waals surface area contributed by atoms with Gasteiger partial charge < -0.3 is 15.2 Å². The number of pyridine rings is 1. The van der Waals surface area contributed by atoms with Gasteiger partial charge in [-0.15, -0.1) is 0 Å². The van der Waals surface area contributed by atoms with Crippen LogP contribution in [-0.4, -0.2) is 27.7 Å². The SMILES string of the molecule is CCCNC(=O)Nc1ccccc1Cc1nc(-c2cccnc2)no1. The van der Waals surface area contributed by atoms with Crippen LogP contribution in [0.25, 0.3) is 11.4 Å². The van der Waals surface area contributed by atoms with Crippen LogP contribution in [0.4, 0.5) is 10.5 Å². The molecule has 0 saturated heterocycles. The van der Waals surface area contributed by atoms with E-state index in [0.717, 1.165) is 23.2 Å². The number of para-hydroxylation sites is 1. The molecular weight excluding hydrogens is 318 g/mol. The number of nitrogens with zero attached hydrogens (tertiary/aromatic N) is 3. The Hall–Kier alpha value is -3.22. The van der Waals surface area contributed by atoms with Crippen LogP contribution < -0.4 is 10.6 Å². The van der Waals surface area contributed by atoms with Gasteiger partial charge in [-0.3, -0.25) is 4.98 Å². The molecule has 0 aliphatic carbocycles. The Labute approximate surface area is 145 Å². The Morgan fingerprint density at radius 1 is 1.20 bits per heavy atom. The number of aromatic nitrogens is 3. The first kappa shape index (κ1) is 16.6. The van der Waals surface area contributed by atoms with E-state index in [4.69, 9.17) is 4.52 Å². The smallest absolute Gasteiger partial charge is 0.319 e. The standard InChI is InChI=1S/C18H19N5O2/c1-2-9-20-18(24)21-15-8-4-3-6-13(15)11-16-22-17(23-25-16)14-7-5-10-19-12-14/h3-8,10,12H,2,9,11H2,1H3,(H2,20,21,24). The minimum atomic E-state index is -0.226. The van der Waals surface area contributed by atoms with Gasteiger partial charge in [0.15, 0.2) is 0 Å². The summed E-state index contributed by atoms with van der Waals surface area (Å²) in [7, 11) is 0. The van der Waals surface area contributed by atoms with E-state index in [1.54, 1.807) is 12.4 Å². The molecular formula is C18H19N5O2. The van der Waals surface area contributed by atoms with E-state index in [1.165, 1.54) is 0 Å². The molecule has 0 aliphatic heterocycles. The van der Waals surface area contributed by atoms with Crippen LogP contribution in [0.1, 0.15) is 24.8 Å². The van der Waals surface area contributed by atoms with Crippen LogP contribution in [0.2, 0.25) is 0 Å². The van der Waals surface area contributed by atoms with Crippen molar-refractivity contribution in [1.82, 2.24) is 20.4 Å². The molecule has 0 bridgehead atoms. The molecule has 0 atom stereocenters. The number of hydrogen-bond donors (Lipinski definition) is 2. The summed E-state index contributed by atoms with van der Waals surface area (Å²) in [6, 6.07) is 11.0. The van der Waals surface area contributed by atoms with E-state index in [2.05, 4.69) is 25.8 Å². The van der Waals surface area contributed by atoms with Gasteiger partial charge in [-0.25, -0.2) is 4.79 Å². The highest BCUT2D eigenvalue weighted by atomic mass is 16.5. The molecule has 2 heterocycles. The molecule has 3 aromatic rings. The van der Waals surface area contributed by atoms with E-state index >= 15 is 0 Å². The quantitative estimate of drug-likeness (QED) is 0.720. The maximum absolute atomic E-state index is 11.9. The van der Waals surface area contributed by atoms with Crippen LogP contribution in [0.3, 0.4) is 0 Å². The second-order valence-corrected chi connectivity index (χ2v) is 5.47. The molecule has 0 saturated carbocycles. The molecule has 0 radical (unpaired) electrons. The largest absolute Gasteiger partial charge is 0.339 e. The molecule has 2 aromatic heterocycles.